The Labute approximate surface area is 141 Å². The highest BCUT2D eigenvalue weighted by molar-refractivity contribution is 6.31. The van der Waals surface area contributed by atoms with Crippen molar-refractivity contribution in [1.29, 1.82) is 0 Å². The van der Waals surface area contributed by atoms with Gasteiger partial charge in [0.1, 0.15) is 0 Å². The first-order chi connectivity index (χ1) is 11.1. The molecule has 1 aliphatic rings. The van der Waals surface area contributed by atoms with Crippen molar-refractivity contribution in [2.75, 3.05) is 0 Å². The molecule has 1 N–H and O–H groups in total. The third kappa shape index (κ3) is 3.94. The molecular formula is C18H22ClN3O. The molecule has 1 aromatic carbocycles. The van der Waals surface area contributed by atoms with E-state index in [1.54, 1.807) is 17.1 Å². The predicted octanol–water partition coefficient (Wildman–Crippen LogP) is 3.89. The first-order valence-electron chi connectivity index (χ1n) is 8.20. The van der Waals surface area contributed by atoms with Gasteiger partial charge in [-0.25, -0.2) is 0 Å². The number of halogens is 1. The van der Waals surface area contributed by atoms with Crippen LogP contribution in [0.15, 0.2) is 36.7 Å². The van der Waals surface area contributed by atoms with Gasteiger partial charge in [0.15, 0.2) is 0 Å². The second-order valence-electron chi connectivity index (χ2n) is 6.36. The number of amides is 1. The molecule has 1 heterocycles. The van der Waals surface area contributed by atoms with Crippen molar-refractivity contribution in [3.8, 4) is 0 Å². The van der Waals surface area contributed by atoms with Crippen LogP contribution < -0.4 is 5.32 Å². The van der Waals surface area contributed by atoms with Gasteiger partial charge in [0, 0.05) is 17.3 Å². The fraction of sp³-hybridized carbons (Fsp3) is 0.444. The minimum absolute atomic E-state index is 0.0332. The molecular weight excluding hydrogens is 310 g/mol. The first kappa shape index (κ1) is 16.1. The van der Waals surface area contributed by atoms with Crippen LogP contribution in [0.25, 0.3) is 0 Å². The van der Waals surface area contributed by atoms with Crippen molar-refractivity contribution in [3.05, 3.63) is 52.8 Å². The molecule has 23 heavy (non-hydrogen) atoms. The Morgan fingerprint density at radius 1 is 1.35 bits per heavy atom. The van der Waals surface area contributed by atoms with Crippen molar-refractivity contribution in [2.45, 2.75) is 45.2 Å². The van der Waals surface area contributed by atoms with Crippen molar-refractivity contribution in [1.82, 2.24) is 15.1 Å². The van der Waals surface area contributed by atoms with E-state index in [1.807, 2.05) is 24.3 Å². The zero-order valence-electron chi connectivity index (χ0n) is 13.3. The Morgan fingerprint density at radius 2 is 2.13 bits per heavy atom. The van der Waals surface area contributed by atoms with Crippen LogP contribution in [0, 0.1) is 5.92 Å². The van der Waals surface area contributed by atoms with Crippen molar-refractivity contribution >= 4 is 17.5 Å². The van der Waals surface area contributed by atoms with E-state index in [4.69, 9.17) is 11.6 Å². The van der Waals surface area contributed by atoms with Crippen LogP contribution in [0.2, 0.25) is 5.02 Å². The lowest BCUT2D eigenvalue weighted by Crippen LogP contribution is -2.40. The lowest BCUT2D eigenvalue weighted by atomic mass is 9.86. The van der Waals surface area contributed by atoms with Crippen LogP contribution in [0.4, 0.5) is 0 Å². The summed E-state index contributed by atoms with van der Waals surface area (Å²) in [7, 11) is 0. The van der Waals surface area contributed by atoms with E-state index in [0.717, 1.165) is 12.0 Å². The van der Waals surface area contributed by atoms with Gasteiger partial charge in [-0.05, 0) is 30.4 Å². The molecule has 1 aromatic heterocycles. The third-order valence-corrected chi connectivity index (χ3v) is 4.98. The fourth-order valence-electron chi connectivity index (χ4n) is 3.15. The molecule has 4 nitrogen and oxygen atoms in total. The molecule has 0 spiro atoms. The second kappa shape index (κ2) is 7.18. The SMILES string of the molecule is C[C@@H]1CCCC[C@@H]1NC(=O)c1cnn(Cc2ccccc2Cl)c1. The summed E-state index contributed by atoms with van der Waals surface area (Å²) in [6.45, 7) is 2.78. The van der Waals surface area contributed by atoms with Gasteiger partial charge in [0.2, 0.25) is 0 Å². The van der Waals surface area contributed by atoms with Gasteiger partial charge in [0.25, 0.3) is 5.91 Å². The molecule has 122 valence electrons. The van der Waals surface area contributed by atoms with Crippen LogP contribution in [-0.4, -0.2) is 21.7 Å². The zero-order chi connectivity index (χ0) is 16.2. The Morgan fingerprint density at radius 3 is 2.91 bits per heavy atom. The van der Waals surface area contributed by atoms with Crippen LogP contribution >= 0.6 is 11.6 Å². The Balaban J connectivity index is 1.64. The third-order valence-electron chi connectivity index (χ3n) is 4.61. The summed E-state index contributed by atoms with van der Waals surface area (Å²) in [5.74, 6) is 0.514. The average molecular weight is 332 g/mol. The van der Waals surface area contributed by atoms with Crippen LogP contribution in [-0.2, 0) is 6.54 Å². The quantitative estimate of drug-likeness (QED) is 0.923. The van der Waals surface area contributed by atoms with Gasteiger partial charge in [-0.2, -0.15) is 5.10 Å². The molecule has 1 amide bonds. The average Bonchev–Trinajstić information content (AvgIpc) is 3.01. The highest BCUT2D eigenvalue weighted by Crippen LogP contribution is 2.24. The van der Waals surface area contributed by atoms with Gasteiger partial charge in [-0.15, -0.1) is 0 Å². The number of nitrogens with one attached hydrogen (secondary N) is 1. The van der Waals surface area contributed by atoms with Crippen LogP contribution in [0.1, 0.15) is 48.5 Å². The molecule has 0 radical (unpaired) electrons. The summed E-state index contributed by atoms with van der Waals surface area (Å²) in [6, 6.07) is 7.96. The number of carbonyl (C=O) groups is 1. The van der Waals surface area contributed by atoms with Gasteiger partial charge < -0.3 is 5.32 Å². The standard InChI is InChI=1S/C18H22ClN3O/c1-13-6-2-5-9-17(13)21-18(23)15-10-20-22(12-15)11-14-7-3-4-8-16(14)19/h3-4,7-8,10,12-13,17H,2,5-6,9,11H2,1H3,(H,21,23)/t13-,17+/m1/s1. The maximum absolute atomic E-state index is 12.4. The zero-order valence-corrected chi connectivity index (χ0v) is 14.1. The monoisotopic (exact) mass is 331 g/mol. The number of rotatable bonds is 4. The molecule has 2 aromatic rings. The van der Waals surface area contributed by atoms with E-state index in [1.165, 1.54) is 19.3 Å². The first-order valence-corrected chi connectivity index (χ1v) is 8.58. The highest BCUT2D eigenvalue weighted by atomic mass is 35.5. The minimum atomic E-state index is -0.0332. The molecule has 5 heteroatoms. The minimum Gasteiger partial charge on any atom is -0.349 e. The van der Waals surface area contributed by atoms with Crippen molar-refractivity contribution in [3.63, 3.8) is 0 Å². The molecule has 0 aliphatic heterocycles. The number of hydrogen-bond donors (Lipinski definition) is 1. The predicted molar refractivity (Wildman–Crippen MR) is 91.7 cm³/mol. The molecule has 1 saturated carbocycles. The normalized spacial score (nSPS) is 21.1. The fourth-order valence-corrected chi connectivity index (χ4v) is 3.35. The smallest absolute Gasteiger partial charge is 0.254 e. The number of hydrogen-bond acceptors (Lipinski definition) is 2. The van der Waals surface area contributed by atoms with Gasteiger partial charge >= 0.3 is 0 Å². The lowest BCUT2D eigenvalue weighted by molar-refractivity contribution is 0.0910. The number of nitrogens with zero attached hydrogens (tertiary/aromatic N) is 2. The molecule has 2 atom stereocenters. The van der Waals surface area contributed by atoms with Crippen LogP contribution in [0.5, 0.6) is 0 Å². The van der Waals surface area contributed by atoms with Gasteiger partial charge in [0.05, 0.1) is 18.3 Å². The van der Waals surface area contributed by atoms with E-state index in [-0.39, 0.29) is 11.9 Å². The summed E-state index contributed by atoms with van der Waals surface area (Å²) in [6.07, 6.45) is 8.13. The molecule has 0 unspecified atom stereocenters. The maximum atomic E-state index is 12.4. The van der Waals surface area contributed by atoms with E-state index >= 15 is 0 Å². The summed E-state index contributed by atoms with van der Waals surface area (Å²) >= 11 is 6.17. The number of benzene rings is 1. The Hall–Kier alpha value is -1.81. The van der Waals surface area contributed by atoms with Crippen LogP contribution in [0.3, 0.4) is 0 Å². The number of aromatic nitrogens is 2. The van der Waals surface area contributed by atoms with Gasteiger partial charge in [-0.3, -0.25) is 9.48 Å². The number of carbonyl (C=O) groups excluding carboxylic acids is 1. The Kier molecular flexibility index (Phi) is 5.01. The van der Waals surface area contributed by atoms with E-state index in [9.17, 15) is 4.79 Å². The summed E-state index contributed by atoms with van der Waals surface area (Å²) < 4.78 is 1.75. The molecule has 0 saturated heterocycles. The summed E-state index contributed by atoms with van der Waals surface area (Å²) in [5.41, 5.74) is 1.60. The topological polar surface area (TPSA) is 46.9 Å². The summed E-state index contributed by atoms with van der Waals surface area (Å²) in [4.78, 5) is 12.4. The van der Waals surface area contributed by atoms with E-state index < -0.39 is 0 Å². The van der Waals surface area contributed by atoms with Crippen molar-refractivity contribution in [2.24, 2.45) is 5.92 Å². The molecule has 0 bridgehead atoms. The highest BCUT2D eigenvalue weighted by Gasteiger charge is 2.23. The molecule has 1 fully saturated rings. The maximum Gasteiger partial charge on any atom is 0.254 e. The largest absolute Gasteiger partial charge is 0.349 e. The summed E-state index contributed by atoms with van der Waals surface area (Å²) in [5, 5.41) is 8.15. The Bertz CT molecular complexity index is 682. The lowest BCUT2D eigenvalue weighted by Gasteiger charge is -2.29. The second-order valence-corrected chi connectivity index (χ2v) is 6.77. The van der Waals surface area contributed by atoms with Crippen molar-refractivity contribution < 1.29 is 4.79 Å². The van der Waals surface area contributed by atoms with E-state index in [0.29, 0.717) is 23.0 Å². The molecule has 3 rings (SSSR count). The molecule has 1 aliphatic carbocycles. The van der Waals surface area contributed by atoms with Gasteiger partial charge in [-0.1, -0.05) is 49.6 Å². The van der Waals surface area contributed by atoms with E-state index in [2.05, 4.69) is 17.3 Å².